The Labute approximate surface area is 128 Å². The van der Waals surface area contributed by atoms with Crippen molar-refractivity contribution in [3.63, 3.8) is 0 Å². The summed E-state index contributed by atoms with van der Waals surface area (Å²) in [5.74, 6) is 1.90. The predicted molar refractivity (Wildman–Crippen MR) is 86.7 cm³/mol. The molecule has 1 N–H and O–H groups in total. The Kier molecular flexibility index (Phi) is 4.51. The van der Waals surface area contributed by atoms with Crippen molar-refractivity contribution in [2.45, 2.75) is 50.7 Å². The maximum Gasteiger partial charge on any atom is 0.124 e. The molecule has 1 saturated carbocycles. The van der Waals surface area contributed by atoms with Crippen molar-refractivity contribution in [2.24, 2.45) is 5.92 Å². The van der Waals surface area contributed by atoms with E-state index in [-0.39, 0.29) is 0 Å². The minimum absolute atomic E-state index is 0.359. The smallest absolute Gasteiger partial charge is 0.124 e. The number of rotatable bonds is 3. The Morgan fingerprint density at radius 2 is 2.05 bits per heavy atom. The summed E-state index contributed by atoms with van der Waals surface area (Å²) in [5, 5.41) is 3.52. The summed E-state index contributed by atoms with van der Waals surface area (Å²) in [6, 6.07) is 9.91. The average molecular weight is 288 g/mol. The molecule has 1 aliphatic heterocycles. The summed E-state index contributed by atoms with van der Waals surface area (Å²) in [6.45, 7) is 3.17. The topological polar surface area (TPSA) is 24.5 Å². The Hall–Kier alpha value is -1.06. The number of benzene rings is 1. The molecule has 2 aliphatic rings. The largest absolute Gasteiger partial charge is 0.492 e. The van der Waals surface area contributed by atoms with Crippen LogP contribution in [-0.2, 0) is 0 Å². The van der Waals surface area contributed by atoms with Gasteiger partial charge in [-0.2, -0.15) is 0 Å². The summed E-state index contributed by atoms with van der Waals surface area (Å²) in [7, 11) is 4.35. The minimum Gasteiger partial charge on any atom is -0.492 e. The van der Waals surface area contributed by atoms with E-state index in [2.05, 4.69) is 55.5 Å². The van der Waals surface area contributed by atoms with Crippen LogP contribution in [-0.4, -0.2) is 37.7 Å². The lowest BCUT2D eigenvalue weighted by Gasteiger charge is -2.44. The molecule has 4 unspecified atom stereocenters. The second kappa shape index (κ2) is 6.37. The standard InChI is InChI=1S/C18H28N2O/c1-13-7-6-8-14(11-13)20(3)16-12-21-17-10-5-4-9-15(17)18(16)19-2/h4-5,9-10,13-14,16,18-19H,6-8,11-12H2,1-3H3. The van der Waals surface area contributed by atoms with Crippen LogP contribution in [0.15, 0.2) is 24.3 Å². The first-order valence-corrected chi connectivity index (χ1v) is 8.31. The van der Waals surface area contributed by atoms with Gasteiger partial charge >= 0.3 is 0 Å². The van der Waals surface area contributed by atoms with Crippen LogP contribution in [0.3, 0.4) is 0 Å². The van der Waals surface area contributed by atoms with E-state index in [1.165, 1.54) is 31.2 Å². The minimum atomic E-state index is 0.359. The summed E-state index contributed by atoms with van der Waals surface area (Å²) < 4.78 is 6.03. The maximum absolute atomic E-state index is 6.03. The monoisotopic (exact) mass is 288 g/mol. The van der Waals surface area contributed by atoms with E-state index in [0.29, 0.717) is 18.1 Å². The molecule has 3 heteroatoms. The highest BCUT2D eigenvalue weighted by atomic mass is 16.5. The molecule has 0 aromatic heterocycles. The lowest BCUT2D eigenvalue weighted by atomic mass is 9.84. The van der Waals surface area contributed by atoms with E-state index in [9.17, 15) is 0 Å². The highest BCUT2D eigenvalue weighted by molar-refractivity contribution is 5.38. The summed E-state index contributed by atoms with van der Waals surface area (Å²) in [4.78, 5) is 2.58. The summed E-state index contributed by atoms with van der Waals surface area (Å²) in [5.41, 5.74) is 1.30. The van der Waals surface area contributed by atoms with Crippen LogP contribution in [0.5, 0.6) is 5.75 Å². The van der Waals surface area contributed by atoms with Gasteiger partial charge in [0.2, 0.25) is 0 Å². The van der Waals surface area contributed by atoms with E-state index in [1.54, 1.807) is 0 Å². The molecule has 1 fully saturated rings. The molecule has 1 aromatic rings. The van der Waals surface area contributed by atoms with E-state index in [4.69, 9.17) is 4.74 Å². The van der Waals surface area contributed by atoms with E-state index >= 15 is 0 Å². The first-order valence-electron chi connectivity index (χ1n) is 8.31. The number of nitrogens with one attached hydrogen (secondary N) is 1. The van der Waals surface area contributed by atoms with Crippen LogP contribution in [0, 0.1) is 5.92 Å². The number of nitrogens with zero attached hydrogens (tertiary/aromatic N) is 1. The van der Waals surface area contributed by atoms with Crippen LogP contribution < -0.4 is 10.1 Å². The molecule has 0 spiro atoms. The first kappa shape index (κ1) is 14.9. The third kappa shape index (κ3) is 2.95. The maximum atomic E-state index is 6.03. The van der Waals surface area contributed by atoms with Crippen molar-refractivity contribution in [1.29, 1.82) is 0 Å². The number of likely N-dealkylation sites (N-methyl/N-ethyl adjacent to an activating group) is 2. The zero-order chi connectivity index (χ0) is 14.8. The normalized spacial score (nSPS) is 32.6. The summed E-state index contributed by atoms with van der Waals surface area (Å²) in [6.07, 6.45) is 5.41. The molecule has 3 rings (SSSR count). The Morgan fingerprint density at radius 3 is 2.81 bits per heavy atom. The highest BCUT2D eigenvalue weighted by Crippen LogP contribution is 2.36. The molecule has 3 nitrogen and oxygen atoms in total. The van der Waals surface area contributed by atoms with Gasteiger partial charge in [0, 0.05) is 11.6 Å². The molecular formula is C18H28N2O. The number of hydrogen-bond acceptors (Lipinski definition) is 3. The molecule has 0 radical (unpaired) electrons. The fourth-order valence-corrected chi connectivity index (χ4v) is 4.09. The van der Waals surface area contributed by atoms with Crippen LogP contribution >= 0.6 is 0 Å². The molecule has 0 amide bonds. The molecular weight excluding hydrogens is 260 g/mol. The fraction of sp³-hybridized carbons (Fsp3) is 0.667. The lowest BCUT2D eigenvalue weighted by Crippen LogP contribution is -2.52. The van der Waals surface area contributed by atoms with Gasteiger partial charge in [0.15, 0.2) is 0 Å². The van der Waals surface area contributed by atoms with Crippen LogP contribution in [0.1, 0.15) is 44.2 Å². The van der Waals surface area contributed by atoms with Crippen molar-refractivity contribution in [3.8, 4) is 5.75 Å². The molecule has 1 aromatic carbocycles. The molecule has 116 valence electrons. The molecule has 1 aliphatic carbocycles. The SMILES string of the molecule is CNC1c2ccccc2OCC1N(C)C1CCCC(C)C1. The van der Waals surface area contributed by atoms with Crippen molar-refractivity contribution in [1.82, 2.24) is 10.2 Å². The van der Waals surface area contributed by atoms with Gasteiger partial charge in [-0.3, -0.25) is 4.90 Å². The zero-order valence-corrected chi connectivity index (χ0v) is 13.5. The van der Waals surface area contributed by atoms with Crippen LogP contribution in [0.25, 0.3) is 0 Å². The molecule has 0 saturated heterocycles. The molecule has 4 atom stereocenters. The Balaban J connectivity index is 1.78. The van der Waals surface area contributed by atoms with Crippen molar-refractivity contribution < 1.29 is 4.74 Å². The number of ether oxygens (including phenoxy) is 1. The highest BCUT2D eigenvalue weighted by Gasteiger charge is 2.36. The number of para-hydroxylation sites is 1. The van der Waals surface area contributed by atoms with Crippen LogP contribution in [0.2, 0.25) is 0 Å². The van der Waals surface area contributed by atoms with Gasteiger partial charge in [0.05, 0.1) is 12.1 Å². The lowest BCUT2D eigenvalue weighted by molar-refractivity contribution is 0.0529. The second-order valence-electron chi connectivity index (χ2n) is 6.77. The third-order valence-corrected chi connectivity index (χ3v) is 5.37. The van der Waals surface area contributed by atoms with Gasteiger partial charge in [0.1, 0.15) is 12.4 Å². The van der Waals surface area contributed by atoms with E-state index in [0.717, 1.165) is 18.3 Å². The predicted octanol–water partition coefficient (Wildman–Crippen LogP) is 3.22. The Morgan fingerprint density at radius 1 is 1.24 bits per heavy atom. The molecule has 1 heterocycles. The molecule has 21 heavy (non-hydrogen) atoms. The quantitative estimate of drug-likeness (QED) is 0.924. The van der Waals surface area contributed by atoms with Gasteiger partial charge in [-0.05, 0) is 38.9 Å². The average Bonchev–Trinajstić information content (AvgIpc) is 2.53. The van der Waals surface area contributed by atoms with Crippen molar-refractivity contribution in [3.05, 3.63) is 29.8 Å². The second-order valence-corrected chi connectivity index (χ2v) is 6.77. The number of hydrogen-bond donors (Lipinski definition) is 1. The van der Waals surface area contributed by atoms with Gasteiger partial charge in [0.25, 0.3) is 0 Å². The van der Waals surface area contributed by atoms with Crippen molar-refractivity contribution >= 4 is 0 Å². The van der Waals surface area contributed by atoms with Gasteiger partial charge in [-0.1, -0.05) is 38.0 Å². The van der Waals surface area contributed by atoms with Crippen LogP contribution in [0.4, 0.5) is 0 Å². The van der Waals surface area contributed by atoms with Gasteiger partial charge in [-0.25, -0.2) is 0 Å². The van der Waals surface area contributed by atoms with Crippen molar-refractivity contribution in [2.75, 3.05) is 20.7 Å². The fourth-order valence-electron chi connectivity index (χ4n) is 4.09. The zero-order valence-electron chi connectivity index (χ0n) is 13.5. The number of fused-ring (bicyclic) bond motifs is 1. The first-order chi connectivity index (χ1) is 10.2. The summed E-state index contributed by atoms with van der Waals surface area (Å²) >= 11 is 0. The van der Waals surface area contributed by atoms with E-state index in [1.807, 2.05) is 0 Å². The third-order valence-electron chi connectivity index (χ3n) is 5.37. The Bertz CT molecular complexity index is 476. The molecule has 0 bridgehead atoms. The van der Waals surface area contributed by atoms with Gasteiger partial charge < -0.3 is 10.1 Å². The van der Waals surface area contributed by atoms with Gasteiger partial charge in [-0.15, -0.1) is 0 Å². The van der Waals surface area contributed by atoms with E-state index < -0.39 is 0 Å².